The fourth-order valence-corrected chi connectivity index (χ4v) is 2.66. The van der Waals surface area contributed by atoms with Crippen LogP contribution in [0.4, 0.5) is 5.13 Å². The molecule has 96 valence electrons. The second kappa shape index (κ2) is 5.46. The molecule has 1 aromatic heterocycles. The molecule has 1 heterocycles. The van der Waals surface area contributed by atoms with Crippen molar-refractivity contribution in [3.05, 3.63) is 10.6 Å². The number of aromatic nitrogens is 1. The van der Waals surface area contributed by atoms with E-state index >= 15 is 0 Å². The van der Waals surface area contributed by atoms with Crippen LogP contribution in [0.15, 0.2) is 0 Å². The third kappa shape index (κ3) is 3.97. The number of carbonyl (C=O) groups is 1. The standard InChI is InChI=1S/C9H14N2O4S2/c1-3-17(14,15)5-4-10-9-11-6(2)7(16-9)8(12)13/h3-5H2,1-2H3,(H,10,11)(H,12,13). The summed E-state index contributed by atoms with van der Waals surface area (Å²) >= 11 is 1.01. The van der Waals surface area contributed by atoms with Gasteiger partial charge in [-0.05, 0) is 6.92 Å². The van der Waals surface area contributed by atoms with Crippen molar-refractivity contribution >= 4 is 32.3 Å². The van der Waals surface area contributed by atoms with Crippen molar-refractivity contribution in [3.63, 3.8) is 0 Å². The molecule has 1 aromatic rings. The smallest absolute Gasteiger partial charge is 0.347 e. The molecule has 6 nitrogen and oxygen atoms in total. The van der Waals surface area contributed by atoms with Crippen LogP contribution in [0, 0.1) is 6.92 Å². The first kappa shape index (κ1) is 13.9. The number of hydrogen-bond acceptors (Lipinski definition) is 6. The van der Waals surface area contributed by atoms with Crippen LogP contribution in [-0.2, 0) is 9.84 Å². The van der Waals surface area contributed by atoms with Crippen LogP contribution in [0.5, 0.6) is 0 Å². The number of nitrogens with one attached hydrogen (secondary N) is 1. The van der Waals surface area contributed by atoms with Gasteiger partial charge in [-0.2, -0.15) is 0 Å². The largest absolute Gasteiger partial charge is 0.477 e. The Bertz CT molecular complexity index is 507. The van der Waals surface area contributed by atoms with Gasteiger partial charge in [0, 0.05) is 12.3 Å². The summed E-state index contributed by atoms with van der Waals surface area (Å²) < 4.78 is 22.4. The summed E-state index contributed by atoms with van der Waals surface area (Å²) in [5.74, 6) is -0.898. The summed E-state index contributed by atoms with van der Waals surface area (Å²) in [6.07, 6.45) is 0. The van der Waals surface area contributed by atoms with Gasteiger partial charge in [0.2, 0.25) is 0 Å². The fraction of sp³-hybridized carbons (Fsp3) is 0.556. The normalized spacial score (nSPS) is 11.4. The van der Waals surface area contributed by atoms with E-state index in [1.54, 1.807) is 13.8 Å². The van der Waals surface area contributed by atoms with Crippen molar-refractivity contribution in [1.82, 2.24) is 4.98 Å². The summed E-state index contributed by atoms with van der Waals surface area (Å²) in [4.78, 5) is 14.9. The minimum atomic E-state index is -3.01. The summed E-state index contributed by atoms with van der Waals surface area (Å²) in [6.45, 7) is 3.43. The zero-order valence-corrected chi connectivity index (χ0v) is 11.2. The zero-order chi connectivity index (χ0) is 13.1. The zero-order valence-electron chi connectivity index (χ0n) is 9.56. The molecule has 0 aliphatic rings. The highest BCUT2D eigenvalue weighted by atomic mass is 32.2. The molecule has 0 spiro atoms. The maximum absolute atomic E-state index is 11.2. The number of sulfone groups is 1. The Kier molecular flexibility index (Phi) is 4.47. The number of carboxylic acids is 1. The topological polar surface area (TPSA) is 96.4 Å². The van der Waals surface area contributed by atoms with E-state index in [2.05, 4.69) is 10.3 Å². The van der Waals surface area contributed by atoms with Gasteiger partial charge in [-0.3, -0.25) is 0 Å². The highest BCUT2D eigenvalue weighted by molar-refractivity contribution is 7.91. The highest BCUT2D eigenvalue weighted by Crippen LogP contribution is 2.22. The van der Waals surface area contributed by atoms with Gasteiger partial charge < -0.3 is 10.4 Å². The van der Waals surface area contributed by atoms with Crippen LogP contribution in [0.1, 0.15) is 22.3 Å². The van der Waals surface area contributed by atoms with Gasteiger partial charge in [0.15, 0.2) is 15.0 Å². The number of aryl methyl sites for hydroxylation is 1. The van der Waals surface area contributed by atoms with E-state index in [4.69, 9.17) is 5.11 Å². The average molecular weight is 278 g/mol. The molecule has 0 aliphatic carbocycles. The van der Waals surface area contributed by atoms with Crippen molar-refractivity contribution in [1.29, 1.82) is 0 Å². The van der Waals surface area contributed by atoms with Gasteiger partial charge in [-0.15, -0.1) is 0 Å². The van der Waals surface area contributed by atoms with E-state index in [1.807, 2.05) is 0 Å². The van der Waals surface area contributed by atoms with Gasteiger partial charge in [-0.25, -0.2) is 18.2 Å². The summed E-state index contributed by atoms with van der Waals surface area (Å²) in [7, 11) is -3.01. The predicted octanol–water partition coefficient (Wildman–Crippen LogP) is 0.996. The SMILES string of the molecule is CCS(=O)(=O)CCNc1nc(C)c(C(=O)O)s1. The number of hydrogen-bond donors (Lipinski definition) is 2. The molecule has 17 heavy (non-hydrogen) atoms. The Morgan fingerprint density at radius 3 is 2.65 bits per heavy atom. The lowest BCUT2D eigenvalue weighted by molar-refractivity contribution is 0.0701. The molecule has 0 aliphatic heterocycles. The van der Waals surface area contributed by atoms with Crippen molar-refractivity contribution in [2.75, 3.05) is 23.4 Å². The monoisotopic (exact) mass is 278 g/mol. The van der Waals surface area contributed by atoms with Gasteiger partial charge in [0.25, 0.3) is 0 Å². The van der Waals surface area contributed by atoms with E-state index in [-0.39, 0.29) is 22.9 Å². The molecule has 8 heteroatoms. The van der Waals surface area contributed by atoms with Crippen molar-refractivity contribution in [3.8, 4) is 0 Å². The summed E-state index contributed by atoms with van der Waals surface area (Å²) in [6, 6.07) is 0. The molecule has 0 unspecified atom stereocenters. The quantitative estimate of drug-likeness (QED) is 0.805. The maximum atomic E-state index is 11.2. The van der Waals surface area contributed by atoms with Crippen LogP contribution in [-0.4, -0.2) is 42.5 Å². The molecule has 0 bridgehead atoms. The number of carboxylic acid groups (broad SMARTS) is 1. The Morgan fingerprint density at radius 1 is 1.53 bits per heavy atom. The van der Waals surface area contributed by atoms with Crippen molar-refractivity contribution < 1.29 is 18.3 Å². The first-order chi connectivity index (χ1) is 7.85. The van der Waals surface area contributed by atoms with E-state index in [1.165, 1.54) is 0 Å². The summed E-state index contributed by atoms with van der Waals surface area (Å²) in [5.41, 5.74) is 0.434. The molecule has 0 atom stereocenters. The average Bonchev–Trinajstić information content (AvgIpc) is 2.59. The van der Waals surface area contributed by atoms with Gasteiger partial charge >= 0.3 is 5.97 Å². The third-order valence-corrected chi connectivity index (χ3v) is 4.93. The van der Waals surface area contributed by atoms with E-state index in [9.17, 15) is 13.2 Å². The number of anilines is 1. The molecule has 1 rings (SSSR count). The molecular weight excluding hydrogens is 264 g/mol. The molecule has 0 saturated carbocycles. The lowest BCUT2D eigenvalue weighted by Gasteiger charge is -2.01. The number of thiazole rings is 1. The molecule has 0 fully saturated rings. The first-order valence-corrected chi connectivity index (χ1v) is 7.64. The molecule has 2 N–H and O–H groups in total. The van der Waals surface area contributed by atoms with Crippen LogP contribution in [0.3, 0.4) is 0 Å². The number of rotatable bonds is 6. The molecular formula is C9H14N2O4S2. The lowest BCUT2D eigenvalue weighted by Crippen LogP contribution is -2.17. The van der Waals surface area contributed by atoms with Crippen LogP contribution in [0.2, 0.25) is 0 Å². The Balaban J connectivity index is 2.59. The minimum absolute atomic E-state index is 0.0184. The number of aromatic carboxylic acids is 1. The van der Waals surface area contributed by atoms with Gasteiger partial charge in [0.1, 0.15) is 4.88 Å². The first-order valence-electron chi connectivity index (χ1n) is 5.00. The fourth-order valence-electron chi connectivity index (χ4n) is 1.13. The lowest BCUT2D eigenvalue weighted by atomic mass is 10.4. The third-order valence-electron chi connectivity index (χ3n) is 2.12. The van der Waals surface area contributed by atoms with Crippen LogP contribution >= 0.6 is 11.3 Å². The van der Waals surface area contributed by atoms with Gasteiger partial charge in [-0.1, -0.05) is 18.3 Å². The predicted molar refractivity (Wildman–Crippen MR) is 66.6 cm³/mol. The molecule has 0 aromatic carbocycles. The Morgan fingerprint density at radius 2 is 2.18 bits per heavy atom. The van der Waals surface area contributed by atoms with Crippen molar-refractivity contribution in [2.24, 2.45) is 0 Å². The van der Waals surface area contributed by atoms with Crippen LogP contribution < -0.4 is 5.32 Å². The highest BCUT2D eigenvalue weighted by Gasteiger charge is 2.14. The summed E-state index contributed by atoms with van der Waals surface area (Å²) in [5, 5.41) is 12.1. The maximum Gasteiger partial charge on any atom is 0.347 e. The minimum Gasteiger partial charge on any atom is -0.477 e. The Hall–Kier alpha value is -1.15. The molecule has 0 saturated heterocycles. The van der Waals surface area contributed by atoms with E-state index in [0.717, 1.165) is 11.3 Å². The van der Waals surface area contributed by atoms with Crippen LogP contribution in [0.25, 0.3) is 0 Å². The second-order valence-corrected chi connectivity index (χ2v) is 6.87. The molecule has 0 amide bonds. The Labute approximate surface area is 104 Å². The van der Waals surface area contributed by atoms with E-state index < -0.39 is 15.8 Å². The van der Waals surface area contributed by atoms with E-state index in [0.29, 0.717) is 10.8 Å². The van der Waals surface area contributed by atoms with Crippen molar-refractivity contribution in [2.45, 2.75) is 13.8 Å². The number of nitrogens with zero attached hydrogens (tertiary/aromatic N) is 1. The second-order valence-electron chi connectivity index (χ2n) is 3.40. The van der Waals surface area contributed by atoms with Gasteiger partial charge in [0.05, 0.1) is 11.4 Å². The molecule has 0 radical (unpaired) electrons.